The number of halogens is 3. The molecule has 0 atom stereocenters. The number of alkyl halides is 2. The summed E-state index contributed by atoms with van der Waals surface area (Å²) in [6.07, 6.45) is 0. The van der Waals surface area contributed by atoms with Crippen LogP contribution in [0.15, 0.2) is 53.4 Å². The van der Waals surface area contributed by atoms with Gasteiger partial charge in [-0.3, -0.25) is 4.79 Å². The molecule has 0 heterocycles. The maximum atomic E-state index is 13.6. The fourth-order valence-electron chi connectivity index (χ4n) is 2.06. The molecule has 2 rings (SSSR count). The molecule has 128 valence electrons. The summed E-state index contributed by atoms with van der Waals surface area (Å²) in [4.78, 5) is 12.9. The van der Waals surface area contributed by atoms with E-state index in [0.29, 0.717) is 5.56 Å². The highest BCUT2D eigenvalue weighted by Gasteiger charge is 2.26. The largest absolute Gasteiger partial charge is 0.341 e. The Kier molecular flexibility index (Phi) is 5.28. The molecule has 0 fully saturated rings. The topological polar surface area (TPSA) is 54.5 Å². The summed E-state index contributed by atoms with van der Waals surface area (Å²) in [6.45, 7) is 0.0165. The minimum absolute atomic E-state index is 0.0165. The molecule has 0 saturated carbocycles. The number of carbonyl (C=O) groups excluding carboxylic acids is 1. The zero-order valence-electron chi connectivity index (χ0n) is 12.6. The van der Waals surface area contributed by atoms with E-state index in [9.17, 15) is 26.4 Å². The fraction of sp³-hybridized carbons (Fsp3) is 0.188. The Bertz CT molecular complexity index is 836. The van der Waals surface area contributed by atoms with Gasteiger partial charge < -0.3 is 4.90 Å². The number of nitrogens with zero attached hydrogens (tertiary/aromatic N) is 1. The molecule has 2 aromatic carbocycles. The minimum Gasteiger partial charge on any atom is -0.337 e. The third-order valence-electron chi connectivity index (χ3n) is 3.38. The Labute approximate surface area is 137 Å². The number of rotatable bonds is 5. The predicted molar refractivity (Wildman–Crippen MR) is 81.8 cm³/mol. The van der Waals surface area contributed by atoms with E-state index < -0.39 is 32.2 Å². The zero-order valence-corrected chi connectivity index (χ0v) is 13.4. The van der Waals surface area contributed by atoms with E-state index in [-0.39, 0.29) is 12.1 Å². The average Bonchev–Trinajstić information content (AvgIpc) is 2.56. The van der Waals surface area contributed by atoms with Gasteiger partial charge in [0, 0.05) is 24.7 Å². The summed E-state index contributed by atoms with van der Waals surface area (Å²) in [5.74, 6) is -4.46. The molecule has 2 aromatic rings. The van der Waals surface area contributed by atoms with E-state index in [1.807, 2.05) is 0 Å². The normalized spacial score (nSPS) is 11.5. The summed E-state index contributed by atoms with van der Waals surface area (Å²) in [5.41, 5.74) is 0.437. The van der Waals surface area contributed by atoms with Gasteiger partial charge in [-0.25, -0.2) is 12.8 Å². The van der Waals surface area contributed by atoms with Crippen molar-refractivity contribution in [3.63, 3.8) is 0 Å². The lowest BCUT2D eigenvalue weighted by Crippen LogP contribution is -2.26. The van der Waals surface area contributed by atoms with Gasteiger partial charge >= 0.3 is 5.76 Å². The molecule has 4 nitrogen and oxygen atoms in total. The van der Waals surface area contributed by atoms with E-state index in [0.717, 1.165) is 24.3 Å². The van der Waals surface area contributed by atoms with Crippen LogP contribution in [-0.2, 0) is 16.4 Å². The molecule has 0 saturated heterocycles. The lowest BCUT2D eigenvalue weighted by Gasteiger charge is -2.18. The Morgan fingerprint density at radius 3 is 2.21 bits per heavy atom. The first-order valence-corrected chi connectivity index (χ1v) is 8.39. The first-order chi connectivity index (χ1) is 11.2. The number of hydrogen-bond donors (Lipinski definition) is 0. The lowest BCUT2D eigenvalue weighted by atomic mass is 10.1. The van der Waals surface area contributed by atoms with Gasteiger partial charge in [0.05, 0.1) is 4.90 Å². The number of hydrogen-bond acceptors (Lipinski definition) is 3. The molecule has 0 bridgehead atoms. The quantitative estimate of drug-likeness (QED) is 0.826. The standard InChI is InChI=1S/C16H14F3NO3S/c1-20(10-12-4-2-3-5-14(12)17)15(21)11-6-8-13(9-7-11)24(22,23)16(18)19/h2-9,16H,10H2,1H3. The van der Waals surface area contributed by atoms with Gasteiger partial charge in [0.2, 0.25) is 9.84 Å². The van der Waals surface area contributed by atoms with Gasteiger partial charge in [-0.1, -0.05) is 18.2 Å². The van der Waals surface area contributed by atoms with E-state index in [2.05, 4.69) is 0 Å². The van der Waals surface area contributed by atoms with Crippen molar-refractivity contribution in [3.8, 4) is 0 Å². The average molecular weight is 357 g/mol. The number of benzene rings is 2. The summed E-state index contributed by atoms with van der Waals surface area (Å²) in [6, 6.07) is 10.2. The molecule has 0 aliphatic heterocycles. The lowest BCUT2D eigenvalue weighted by molar-refractivity contribution is 0.0783. The molecule has 1 amide bonds. The third kappa shape index (κ3) is 3.76. The van der Waals surface area contributed by atoms with Crippen LogP contribution in [0.3, 0.4) is 0 Å². The third-order valence-corrected chi connectivity index (χ3v) is 4.77. The summed E-state index contributed by atoms with van der Waals surface area (Å²) in [5, 5.41) is 0. The van der Waals surface area contributed by atoms with E-state index in [1.54, 1.807) is 6.07 Å². The number of carbonyl (C=O) groups is 1. The van der Waals surface area contributed by atoms with Gasteiger partial charge in [0.15, 0.2) is 0 Å². The second kappa shape index (κ2) is 7.04. The monoisotopic (exact) mass is 357 g/mol. The Morgan fingerprint density at radius 2 is 1.67 bits per heavy atom. The molecule has 0 aromatic heterocycles. The van der Waals surface area contributed by atoms with Crippen LogP contribution in [0.5, 0.6) is 0 Å². The van der Waals surface area contributed by atoms with Crippen molar-refractivity contribution in [2.24, 2.45) is 0 Å². The number of sulfone groups is 1. The smallest absolute Gasteiger partial charge is 0.337 e. The van der Waals surface area contributed by atoms with Crippen molar-refractivity contribution in [2.45, 2.75) is 17.2 Å². The molecule has 8 heteroatoms. The molecule has 0 aliphatic carbocycles. The van der Waals surface area contributed by atoms with Crippen molar-refractivity contribution < 1.29 is 26.4 Å². The second-order valence-electron chi connectivity index (χ2n) is 5.08. The van der Waals surface area contributed by atoms with Crippen LogP contribution in [0.4, 0.5) is 13.2 Å². The Morgan fingerprint density at radius 1 is 1.08 bits per heavy atom. The minimum atomic E-state index is -4.70. The van der Waals surface area contributed by atoms with Crippen LogP contribution < -0.4 is 0 Å². The molecule has 0 N–H and O–H groups in total. The van der Waals surface area contributed by atoms with Crippen LogP contribution in [0.1, 0.15) is 15.9 Å². The highest BCUT2D eigenvalue weighted by molar-refractivity contribution is 7.91. The summed E-state index contributed by atoms with van der Waals surface area (Å²) >= 11 is 0. The van der Waals surface area contributed by atoms with Crippen molar-refractivity contribution in [2.75, 3.05) is 7.05 Å². The predicted octanol–water partition coefficient (Wildman–Crippen LogP) is 3.09. The highest BCUT2D eigenvalue weighted by atomic mass is 32.2. The zero-order chi connectivity index (χ0) is 17.9. The molecular weight excluding hydrogens is 343 g/mol. The Hall–Kier alpha value is -2.35. The highest BCUT2D eigenvalue weighted by Crippen LogP contribution is 2.19. The fourth-order valence-corrected chi connectivity index (χ4v) is 2.79. The van der Waals surface area contributed by atoms with Gasteiger partial charge in [-0.2, -0.15) is 8.78 Å². The van der Waals surface area contributed by atoms with Crippen molar-refractivity contribution in [1.29, 1.82) is 0 Å². The SMILES string of the molecule is CN(Cc1ccccc1F)C(=O)c1ccc(S(=O)(=O)C(F)F)cc1. The van der Waals surface area contributed by atoms with Gasteiger partial charge in [0.1, 0.15) is 5.82 Å². The van der Waals surface area contributed by atoms with Gasteiger partial charge in [-0.15, -0.1) is 0 Å². The summed E-state index contributed by atoms with van der Waals surface area (Å²) < 4.78 is 61.2. The van der Waals surface area contributed by atoms with Crippen molar-refractivity contribution >= 4 is 15.7 Å². The second-order valence-corrected chi connectivity index (χ2v) is 7.00. The van der Waals surface area contributed by atoms with Crippen LogP contribution >= 0.6 is 0 Å². The van der Waals surface area contributed by atoms with E-state index in [1.165, 1.54) is 30.1 Å². The first kappa shape index (κ1) is 18.0. The van der Waals surface area contributed by atoms with Crippen LogP contribution in [-0.4, -0.2) is 32.0 Å². The maximum Gasteiger partial charge on any atom is 0.341 e. The molecule has 0 unspecified atom stereocenters. The van der Waals surface area contributed by atoms with Crippen LogP contribution in [0.25, 0.3) is 0 Å². The van der Waals surface area contributed by atoms with Gasteiger partial charge in [0.25, 0.3) is 5.91 Å². The molecule has 24 heavy (non-hydrogen) atoms. The van der Waals surface area contributed by atoms with E-state index >= 15 is 0 Å². The van der Waals surface area contributed by atoms with Crippen molar-refractivity contribution in [1.82, 2.24) is 4.90 Å². The molecular formula is C16H14F3NO3S. The summed E-state index contributed by atoms with van der Waals surface area (Å²) in [7, 11) is -3.24. The number of amides is 1. The molecule has 0 spiro atoms. The molecule has 0 aliphatic rings. The van der Waals surface area contributed by atoms with Crippen molar-refractivity contribution in [3.05, 3.63) is 65.5 Å². The Balaban J connectivity index is 2.17. The first-order valence-electron chi connectivity index (χ1n) is 6.84. The van der Waals surface area contributed by atoms with Crippen LogP contribution in [0.2, 0.25) is 0 Å². The van der Waals surface area contributed by atoms with E-state index in [4.69, 9.17) is 0 Å². The molecule has 0 radical (unpaired) electrons. The van der Waals surface area contributed by atoms with Crippen LogP contribution in [0, 0.1) is 5.82 Å². The maximum absolute atomic E-state index is 13.6. The van der Waals surface area contributed by atoms with Gasteiger partial charge in [-0.05, 0) is 30.3 Å².